The van der Waals surface area contributed by atoms with Crippen LogP contribution in [0.4, 0.5) is 0 Å². The zero-order chi connectivity index (χ0) is 43.3. The number of nitrogens with zero attached hydrogens (tertiary/aromatic N) is 2. The van der Waals surface area contributed by atoms with Gasteiger partial charge in [-0.25, -0.2) is 9.59 Å². The van der Waals surface area contributed by atoms with Crippen molar-refractivity contribution >= 4 is 35.7 Å². The van der Waals surface area contributed by atoms with Gasteiger partial charge in [-0.2, -0.15) is 0 Å². The Morgan fingerprint density at radius 2 is 0.983 bits per heavy atom. The Kier molecular flexibility index (Phi) is 17.1. The molecule has 0 aromatic heterocycles. The summed E-state index contributed by atoms with van der Waals surface area (Å²) in [6.45, 7) is 7.45. The molecular weight excluding hydrogens is 769 g/mol. The lowest BCUT2D eigenvalue weighted by molar-refractivity contribution is -0.151. The van der Waals surface area contributed by atoms with E-state index in [9.17, 15) is 39.0 Å². The molecule has 4 aliphatic rings. The Morgan fingerprint density at radius 1 is 0.617 bits per heavy atom. The van der Waals surface area contributed by atoms with Crippen molar-refractivity contribution < 1.29 is 48.5 Å². The van der Waals surface area contributed by atoms with Gasteiger partial charge in [-0.3, -0.25) is 29.8 Å². The van der Waals surface area contributed by atoms with Gasteiger partial charge in [-0.1, -0.05) is 73.5 Å². The number of aryl methyl sites for hydroxylation is 2. The highest BCUT2D eigenvalue weighted by Crippen LogP contribution is 2.42. The van der Waals surface area contributed by atoms with Crippen molar-refractivity contribution in [1.82, 2.24) is 20.4 Å². The number of ether oxygens (including phenoxy) is 2. The van der Waals surface area contributed by atoms with E-state index in [1.165, 1.54) is 0 Å². The van der Waals surface area contributed by atoms with E-state index in [4.69, 9.17) is 9.47 Å². The quantitative estimate of drug-likeness (QED) is 0.151. The van der Waals surface area contributed by atoms with Gasteiger partial charge in [0.1, 0.15) is 24.2 Å². The van der Waals surface area contributed by atoms with Crippen LogP contribution in [-0.4, -0.2) is 117 Å². The first-order valence-electron chi connectivity index (χ1n) is 21.9. The summed E-state index contributed by atoms with van der Waals surface area (Å²) in [6, 6.07) is 15.5. The molecule has 2 amide bonds. The molecule has 10 atom stereocenters. The number of nitrogens with one attached hydrogen (secondary N) is 2. The molecule has 2 heterocycles. The largest absolute Gasteiger partial charge is 0.480 e. The van der Waals surface area contributed by atoms with Crippen molar-refractivity contribution in [3.8, 4) is 0 Å². The summed E-state index contributed by atoms with van der Waals surface area (Å²) < 4.78 is 10.4. The van der Waals surface area contributed by atoms with E-state index >= 15 is 0 Å². The fraction of sp³-hybridized carbons (Fsp3) is 0.609. The average molecular weight is 833 g/mol. The molecule has 328 valence electrons. The Bertz CT molecular complexity index is 1630. The minimum atomic E-state index is -0.948. The standard InChI is InChI=1S/2C23H32N2O5/c2*1-3-30-23(29)18(13-12-16-8-5-4-6-9-16)24-15(2)21(26)25-19-11-7-10-17(19)14-20(25)22(27)28/h2*4-6,8-9,15,17-20,24H,3,7,10-14H2,1-2H3,(H,27,28)/t15-,17+,18-,19+,20+;15-,17-,18-,19-,20-/m00/s1. The number of carbonyl (C=O) groups excluding carboxylic acids is 4. The minimum absolute atomic E-state index is 0.00629. The fourth-order valence-electron chi connectivity index (χ4n) is 9.78. The maximum Gasteiger partial charge on any atom is 0.326 e. The summed E-state index contributed by atoms with van der Waals surface area (Å²) in [5.41, 5.74) is 2.21. The van der Waals surface area contributed by atoms with E-state index in [0.717, 1.165) is 49.7 Å². The van der Waals surface area contributed by atoms with Gasteiger partial charge in [0.25, 0.3) is 0 Å². The van der Waals surface area contributed by atoms with Crippen molar-refractivity contribution in [2.75, 3.05) is 13.2 Å². The Labute approximate surface area is 353 Å². The highest BCUT2D eigenvalue weighted by molar-refractivity contribution is 5.89. The number of aliphatic carboxylic acids is 2. The summed E-state index contributed by atoms with van der Waals surface area (Å²) in [7, 11) is 0. The van der Waals surface area contributed by atoms with Crippen LogP contribution in [0.15, 0.2) is 60.7 Å². The predicted molar refractivity (Wildman–Crippen MR) is 224 cm³/mol. The molecule has 2 aromatic rings. The molecule has 4 fully saturated rings. The number of fused-ring (bicyclic) bond motifs is 2. The highest BCUT2D eigenvalue weighted by Gasteiger charge is 2.51. The van der Waals surface area contributed by atoms with Crippen molar-refractivity contribution in [1.29, 1.82) is 0 Å². The number of rotatable bonds is 18. The second kappa shape index (κ2) is 22.1. The smallest absolute Gasteiger partial charge is 0.326 e. The lowest BCUT2D eigenvalue weighted by atomic mass is 10.0. The van der Waals surface area contributed by atoms with Crippen molar-refractivity contribution in [2.24, 2.45) is 11.8 Å². The first kappa shape index (κ1) is 46.2. The third-order valence-electron chi connectivity index (χ3n) is 12.7. The molecule has 2 aromatic carbocycles. The molecule has 0 spiro atoms. The number of hydrogen-bond acceptors (Lipinski definition) is 10. The summed E-state index contributed by atoms with van der Waals surface area (Å²) in [5, 5.41) is 25.5. The van der Waals surface area contributed by atoms with Crippen molar-refractivity contribution in [3.05, 3.63) is 71.8 Å². The van der Waals surface area contributed by atoms with E-state index < -0.39 is 48.2 Å². The highest BCUT2D eigenvalue weighted by atomic mass is 16.5. The SMILES string of the molecule is CCOC(=O)[C@H](CCc1ccccc1)N[C@@H](C)C(=O)N1[C@@H](C(=O)O)C[C@H]2CCC[C@H]21.CCOC(=O)[C@H](CCc1ccccc1)N[C@@H](C)C(=O)N1[C@H](C(=O)O)C[C@@H]2CCC[C@@H]21. The second-order valence-corrected chi connectivity index (χ2v) is 16.6. The number of likely N-dealkylation sites (tertiary alicyclic amines) is 2. The lowest BCUT2D eigenvalue weighted by Crippen LogP contribution is -2.55. The van der Waals surface area contributed by atoms with Crippen LogP contribution in [0.5, 0.6) is 0 Å². The minimum Gasteiger partial charge on any atom is -0.480 e. The molecule has 14 heteroatoms. The maximum absolute atomic E-state index is 13.2. The van der Waals surface area contributed by atoms with Gasteiger partial charge in [-0.05, 0) is 115 Å². The van der Waals surface area contributed by atoms with Gasteiger partial charge in [0.15, 0.2) is 0 Å². The maximum atomic E-state index is 13.2. The monoisotopic (exact) mass is 832 g/mol. The molecule has 0 radical (unpaired) electrons. The number of benzene rings is 2. The molecule has 60 heavy (non-hydrogen) atoms. The zero-order valence-corrected chi connectivity index (χ0v) is 35.5. The van der Waals surface area contributed by atoms with E-state index in [1.807, 2.05) is 60.7 Å². The topological polar surface area (TPSA) is 192 Å². The van der Waals surface area contributed by atoms with Gasteiger partial charge in [0.05, 0.1) is 25.3 Å². The molecule has 2 saturated heterocycles. The van der Waals surface area contributed by atoms with Gasteiger partial charge < -0.3 is 29.5 Å². The number of carboxylic acids is 2. The molecule has 14 nitrogen and oxygen atoms in total. The van der Waals surface area contributed by atoms with Gasteiger partial charge in [-0.15, -0.1) is 0 Å². The van der Waals surface area contributed by atoms with Gasteiger partial charge in [0, 0.05) is 12.1 Å². The number of carboxylic acid groups (broad SMARTS) is 2. The third-order valence-corrected chi connectivity index (χ3v) is 12.7. The van der Waals surface area contributed by atoms with Gasteiger partial charge >= 0.3 is 23.9 Å². The molecule has 6 rings (SSSR count). The van der Waals surface area contributed by atoms with Crippen LogP contribution in [0.1, 0.15) is 103 Å². The van der Waals surface area contributed by atoms with Crippen molar-refractivity contribution in [2.45, 2.75) is 153 Å². The van der Waals surface area contributed by atoms with Crippen LogP contribution in [0.2, 0.25) is 0 Å². The summed E-state index contributed by atoms with van der Waals surface area (Å²) in [5.74, 6) is -2.63. The summed E-state index contributed by atoms with van der Waals surface area (Å²) in [6.07, 6.45) is 9.07. The molecule has 2 aliphatic carbocycles. The van der Waals surface area contributed by atoms with Gasteiger partial charge in [0.2, 0.25) is 11.8 Å². The van der Waals surface area contributed by atoms with Crippen LogP contribution < -0.4 is 10.6 Å². The normalized spacial score (nSPS) is 24.9. The zero-order valence-electron chi connectivity index (χ0n) is 35.5. The first-order valence-corrected chi connectivity index (χ1v) is 21.9. The molecule has 0 unspecified atom stereocenters. The summed E-state index contributed by atoms with van der Waals surface area (Å²) in [4.78, 5) is 78.1. The Morgan fingerprint density at radius 3 is 1.32 bits per heavy atom. The number of carbonyl (C=O) groups is 6. The van der Waals surface area contributed by atoms with Crippen LogP contribution in [0.25, 0.3) is 0 Å². The van der Waals surface area contributed by atoms with Crippen LogP contribution >= 0.6 is 0 Å². The number of esters is 2. The molecule has 4 N–H and O–H groups in total. The number of amides is 2. The summed E-state index contributed by atoms with van der Waals surface area (Å²) >= 11 is 0. The fourth-order valence-corrected chi connectivity index (χ4v) is 9.78. The first-order chi connectivity index (χ1) is 28.8. The second-order valence-electron chi connectivity index (χ2n) is 16.6. The van der Waals surface area contributed by atoms with Crippen LogP contribution in [-0.2, 0) is 51.1 Å². The molecular formula is C46H64N4O10. The lowest BCUT2D eigenvalue weighted by Gasteiger charge is -2.31. The van der Waals surface area contributed by atoms with E-state index in [1.54, 1.807) is 37.5 Å². The van der Waals surface area contributed by atoms with Crippen molar-refractivity contribution in [3.63, 3.8) is 0 Å². The number of hydrogen-bond donors (Lipinski definition) is 4. The molecule has 0 bridgehead atoms. The van der Waals surface area contributed by atoms with Crippen LogP contribution in [0, 0.1) is 11.8 Å². The average Bonchev–Trinajstić information content (AvgIpc) is 4.04. The molecule has 2 saturated carbocycles. The Hall–Kier alpha value is -4.82. The predicted octanol–water partition coefficient (Wildman–Crippen LogP) is 4.77. The molecule has 2 aliphatic heterocycles. The van der Waals surface area contributed by atoms with E-state index in [2.05, 4.69) is 10.6 Å². The Balaban J connectivity index is 0.000000228. The third kappa shape index (κ3) is 11.7. The van der Waals surface area contributed by atoms with E-state index in [0.29, 0.717) is 38.5 Å². The van der Waals surface area contributed by atoms with Crippen LogP contribution in [0.3, 0.4) is 0 Å². The van der Waals surface area contributed by atoms with E-state index in [-0.39, 0.29) is 60.9 Å².